The van der Waals surface area contributed by atoms with Crippen LogP contribution in [0.5, 0.6) is 0 Å². The molecule has 2 aromatic heterocycles. The SMILES string of the molecule is COCCn1c(=NC(=O)c2ccc([N+](=O)[O-])o2)sc2cccc(F)c21. The second-order valence-corrected chi connectivity index (χ2v) is 5.94. The number of rotatable bonds is 5. The van der Waals surface area contributed by atoms with Crippen LogP contribution in [0, 0.1) is 15.9 Å². The molecule has 0 atom stereocenters. The minimum Gasteiger partial charge on any atom is -0.395 e. The molecular formula is C15H12FN3O5S. The summed E-state index contributed by atoms with van der Waals surface area (Å²) < 4.78 is 26.2. The molecule has 1 aromatic carbocycles. The van der Waals surface area contributed by atoms with Crippen molar-refractivity contribution in [1.29, 1.82) is 0 Å². The largest absolute Gasteiger partial charge is 0.433 e. The Morgan fingerprint density at radius 3 is 2.92 bits per heavy atom. The summed E-state index contributed by atoms with van der Waals surface area (Å²) >= 11 is 1.13. The summed E-state index contributed by atoms with van der Waals surface area (Å²) in [5, 5.41) is 10.6. The summed E-state index contributed by atoms with van der Waals surface area (Å²) in [6.45, 7) is 0.593. The van der Waals surface area contributed by atoms with Crippen LogP contribution < -0.4 is 4.80 Å². The van der Waals surface area contributed by atoms with Crippen LogP contribution in [0.25, 0.3) is 10.2 Å². The van der Waals surface area contributed by atoms with Crippen molar-refractivity contribution in [1.82, 2.24) is 4.57 Å². The van der Waals surface area contributed by atoms with Crippen molar-refractivity contribution in [2.45, 2.75) is 6.54 Å². The van der Waals surface area contributed by atoms with Crippen LogP contribution >= 0.6 is 11.3 Å². The third-order valence-corrected chi connectivity index (χ3v) is 4.39. The van der Waals surface area contributed by atoms with Gasteiger partial charge in [0.05, 0.1) is 22.9 Å². The number of nitrogens with zero attached hydrogens (tertiary/aromatic N) is 3. The zero-order chi connectivity index (χ0) is 18.0. The van der Waals surface area contributed by atoms with Crippen LogP contribution in [0.15, 0.2) is 39.7 Å². The van der Waals surface area contributed by atoms with Crippen molar-refractivity contribution >= 4 is 33.3 Å². The number of nitro groups is 1. The summed E-state index contributed by atoms with van der Waals surface area (Å²) in [6.07, 6.45) is 0. The number of halogens is 1. The monoisotopic (exact) mass is 365 g/mol. The minimum atomic E-state index is -0.786. The minimum absolute atomic E-state index is 0.251. The molecule has 8 nitrogen and oxygen atoms in total. The van der Waals surface area contributed by atoms with Crippen molar-refractivity contribution in [3.63, 3.8) is 0 Å². The molecule has 2 heterocycles. The number of benzene rings is 1. The zero-order valence-electron chi connectivity index (χ0n) is 13.0. The van der Waals surface area contributed by atoms with Gasteiger partial charge in [0.15, 0.2) is 4.80 Å². The first-order chi connectivity index (χ1) is 12.0. The van der Waals surface area contributed by atoms with E-state index in [1.807, 2.05) is 0 Å². The van der Waals surface area contributed by atoms with E-state index in [-0.39, 0.29) is 10.6 Å². The van der Waals surface area contributed by atoms with Crippen molar-refractivity contribution in [2.24, 2.45) is 4.99 Å². The highest BCUT2D eigenvalue weighted by atomic mass is 32.1. The van der Waals surface area contributed by atoms with Gasteiger partial charge >= 0.3 is 11.8 Å². The number of hydrogen-bond donors (Lipinski definition) is 0. The molecule has 0 saturated heterocycles. The van der Waals surface area contributed by atoms with Crippen molar-refractivity contribution in [3.05, 3.63) is 56.8 Å². The van der Waals surface area contributed by atoms with E-state index in [1.165, 1.54) is 23.8 Å². The molecule has 0 N–H and O–H groups in total. The number of carbonyl (C=O) groups excluding carboxylic acids is 1. The van der Waals surface area contributed by atoms with Crippen LogP contribution in [0.3, 0.4) is 0 Å². The van der Waals surface area contributed by atoms with Gasteiger partial charge in [-0.1, -0.05) is 17.4 Å². The van der Waals surface area contributed by atoms with Gasteiger partial charge in [0.1, 0.15) is 10.7 Å². The fraction of sp³-hybridized carbons (Fsp3) is 0.200. The van der Waals surface area contributed by atoms with Gasteiger partial charge < -0.3 is 13.7 Å². The number of carbonyl (C=O) groups is 1. The third-order valence-electron chi connectivity index (χ3n) is 3.35. The first-order valence-corrected chi connectivity index (χ1v) is 7.93. The van der Waals surface area contributed by atoms with E-state index in [2.05, 4.69) is 4.99 Å². The summed E-state index contributed by atoms with van der Waals surface area (Å²) in [4.78, 5) is 26.3. The molecule has 0 unspecified atom stereocenters. The van der Waals surface area contributed by atoms with E-state index in [0.717, 1.165) is 17.4 Å². The number of amides is 1. The number of thiazole rings is 1. The van der Waals surface area contributed by atoms with Crippen LogP contribution in [-0.4, -0.2) is 29.1 Å². The molecule has 0 spiro atoms. The lowest BCUT2D eigenvalue weighted by atomic mass is 10.3. The summed E-state index contributed by atoms with van der Waals surface area (Å²) in [6, 6.07) is 6.85. The number of para-hydroxylation sites is 1. The van der Waals surface area contributed by atoms with E-state index >= 15 is 0 Å². The number of furan rings is 1. The Hall–Kier alpha value is -2.85. The Kier molecular flexibility index (Phi) is 4.72. The van der Waals surface area contributed by atoms with Gasteiger partial charge in [0.2, 0.25) is 5.76 Å². The summed E-state index contributed by atoms with van der Waals surface area (Å²) in [5.41, 5.74) is 0.321. The fourth-order valence-electron chi connectivity index (χ4n) is 2.24. The van der Waals surface area contributed by atoms with E-state index in [1.54, 1.807) is 12.1 Å². The van der Waals surface area contributed by atoms with Gasteiger partial charge in [-0.3, -0.25) is 14.9 Å². The van der Waals surface area contributed by atoms with Gasteiger partial charge in [-0.15, -0.1) is 0 Å². The molecule has 3 rings (SSSR count). The molecule has 0 aliphatic rings. The molecule has 0 aliphatic carbocycles. The fourth-order valence-corrected chi connectivity index (χ4v) is 3.31. The second-order valence-electron chi connectivity index (χ2n) is 4.93. The third kappa shape index (κ3) is 3.35. The van der Waals surface area contributed by atoms with Crippen molar-refractivity contribution in [3.8, 4) is 0 Å². The van der Waals surface area contributed by atoms with Crippen LogP contribution in [0.4, 0.5) is 10.3 Å². The summed E-state index contributed by atoms with van der Waals surface area (Å²) in [7, 11) is 1.51. The second kappa shape index (κ2) is 6.95. The maximum absolute atomic E-state index is 14.2. The first kappa shape index (κ1) is 17.0. The van der Waals surface area contributed by atoms with Crippen molar-refractivity contribution < 1.29 is 23.3 Å². The Morgan fingerprint density at radius 1 is 1.44 bits per heavy atom. The molecule has 0 radical (unpaired) electrons. The number of aromatic nitrogens is 1. The van der Waals surface area contributed by atoms with Gasteiger partial charge in [-0.2, -0.15) is 4.99 Å². The average molecular weight is 365 g/mol. The molecule has 0 saturated carbocycles. The predicted molar refractivity (Wildman–Crippen MR) is 86.9 cm³/mol. The van der Waals surface area contributed by atoms with Crippen molar-refractivity contribution in [2.75, 3.05) is 13.7 Å². The van der Waals surface area contributed by atoms with E-state index in [4.69, 9.17) is 9.15 Å². The summed E-state index contributed by atoms with van der Waals surface area (Å²) in [5.74, 6) is -2.03. The molecular weight excluding hydrogens is 353 g/mol. The van der Waals surface area contributed by atoms with Crippen LogP contribution in [0.2, 0.25) is 0 Å². The first-order valence-electron chi connectivity index (χ1n) is 7.11. The average Bonchev–Trinajstić information content (AvgIpc) is 3.18. The molecule has 25 heavy (non-hydrogen) atoms. The van der Waals surface area contributed by atoms with Crippen LogP contribution in [0.1, 0.15) is 10.6 Å². The molecule has 0 fully saturated rings. The Morgan fingerprint density at radius 2 is 2.24 bits per heavy atom. The maximum Gasteiger partial charge on any atom is 0.433 e. The van der Waals surface area contributed by atoms with Gasteiger partial charge in [-0.25, -0.2) is 4.39 Å². The molecule has 0 bridgehead atoms. The van der Waals surface area contributed by atoms with E-state index in [9.17, 15) is 19.3 Å². The Labute approximate surface area is 143 Å². The van der Waals surface area contributed by atoms with Gasteiger partial charge in [-0.05, 0) is 18.2 Å². The maximum atomic E-state index is 14.2. The lowest BCUT2D eigenvalue weighted by Gasteiger charge is -2.04. The zero-order valence-corrected chi connectivity index (χ0v) is 13.8. The molecule has 1 amide bonds. The number of ether oxygens (including phenoxy) is 1. The van der Waals surface area contributed by atoms with E-state index < -0.39 is 22.5 Å². The predicted octanol–water partition coefficient (Wildman–Crippen LogP) is 2.73. The molecule has 10 heteroatoms. The van der Waals surface area contributed by atoms with Gasteiger partial charge in [0.25, 0.3) is 0 Å². The number of fused-ring (bicyclic) bond motifs is 1. The molecule has 3 aromatic rings. The highest BCUT2D eigenvalue weighted by Gasteiger charge is 2.18. The standard InChI is InChI=1S/C15H12FN3O5S/c1-23-8-7-18-13-9(16)3-2-4-11(13)25-15(18)17-14(20)10-5-6-12(24-10)19(21)22/h2-6H,7-8H2,1H3. The Balaban J connectivity index is 2.09. The number of hydrogen-bond acceptors (Lipinski definition) is 6. The molecule has 0 aliphatic heterocycles. The lowest BCUT2D eigenvalue weighted by molar-refractivity contribution is -0.402. The van der Waals surface area contributed by atoms with E-state index in [0.29, 0.717) is 23.4 Å². The lowest BCUT2D eigenvalue weighted by Crippen LogP contribution is -2.19. The highest BCUT2D eigenvalue weighted by molar-refractivity contribution is 7.16. The smallest absolute Gasteiger partial charge is 0.395 e. The highest BCUT2D eigenvalue weighted by Crippen LogP contribution is 2.21. The topological polar surface area (TPSA) is 99.9 Å². The normalized spacial score (nSPS) is 12.0. The van der Waals surface area contributed by atoms with Gasteiger partial charge in [0, 0.05) is 13.7 Å². The molecule has 130 valence electrons. The quantitative estimate of drug-likeness (QED) is 0.511. The Bertz CT molecular complexity index is 1020. The van der Waals surface area contributed by atoms with Crippen LogP contribution in [-0.2, 0) is 11.3 Å². The number of methoxy groups -OCH3 is 1.